The molecule has 1 heterocycles. The van der Waals surface area contributed by atoms with Gasteiger partial charge in [0.05, 0.1) is 5.69 Å². The zero-order valence-electron chi connectivity index (χ0n) is 18.0. The number of aromatic nitrogens is 4. The Morgan fingerprint density at radius 1 is 1.10 bits per heavy atom. The number of rotatable bonds is 3. The Labute approximate surface area is 175 Å². The van der Waals surface area contributed by atoms with Gasteiger partial charge in [-0.05, 0) is 71.4 Å². The number of fused-ring (bicyclic) bond motifs is 1. The second-order valence-electron chi connectivity index (χ2n) is 8.89. The second-order valence-corrected chi connectivity index (χ2v) is 8.89. The molecule has 1 atom stereocenters. The molecule has 0 bridgehead atoms. The van der Waals surface area contributed by atoms with Crippen LogP contribution in [0.15, 0.2) is 53.3 Å². The minimum atomic E-state index is -0.563. The molecule has 7 heteroatoms. The first-order valence-electron chi connectivity index (χ1n) is 10.3. The number of hydrogen-bond donors (Lipinski definition) is 0. The maximum Gasteiger partial charge on any atom is 0.377 e. The van der Waals surface area contributed by atoms with Crippen LogP contribution in [0.3, 0.4) is 0 Å². The first kappa shape index (κ1) is 20.1. The maximum atomic E-state index is 13.2. The zero-order valence-corrected chi connectivity index (χ0v) is 18.0. The highest BCUT2D eigenvalue weighted by Gasteiger charge is 2.37. The SMILES string of the molecule is CC1CC(C)(C)c2cccc(-n3nnn(C(=O)N(c4ccccc4)C(C)C)c3=O)c21. The number of para-hydroxylation sites is 1. The van der Waals surface area contributed by atoms with Crippen LogP contribution in [0, 0.1) is 0 Å². The highest BCUT2D eigenvalue weighted by atomic mass is 16.2. The van der Waals surface area contributed by atoms with E-state index in [0.717, 1.165) is 16.7 Å². The lowest BCUT2D eigenvalue weighted by Gasteiger charge is -2.25. The van der Waals surface area contributed by atoms with Crippen molar-refractivity contribution in [2.75, 3.05) is 4.90 Å². The molecule has 0 N–H and O–H groups in total. The zero-order chi connectivity index (χ0) is 21.6. The number of tetrazole rings is 1. The molecule has 30 heavy (non-hydrogen) atoms. The maximum absolute atomic E-state index is 13.2. The van der Waals surface area contributed by atoms with Crippen LogP contribution in [-0.2, 0) is 5.41 Å². The Kier molecular flexibility index (Phi) is 4.84. The molecule has 1 amide bonds. The number of anilines is 1. The van der Waals surface area contributed by atoms with E-state index in [1.807, 2.05) is 56.3 Å². The predicted octanol–water partition coefficient (Wildman–Crippen LogP) is 4.10. The lowest BCUT2D eigenvalue weighted by atomic mass is 9.86. The molecule has 0 aliphatic heterocycles. The molecular weight excluding hydrogens is 378 g/mol. The molecule has 1 aromatic heterocycles. The Hall–Kier alpha value is -3.22. The fourth-order valence-electron chi connectivity index (χ4n) is 4.66. The summed E-state index contributed by atoms with van der Waals surface area (Å²) < 4.78 is 2.09. The van der Waals surface area contributed by atoms with E-state index in [1.165, 1.54) is 10.2 Å². The van der Waals surface area contributed by atoms with Gasteiger partial charge in [-0.3, -0.25) is 4.90 Å². The van der Waals surface area contributed by atoms with Gasteiger partial charge < -0.3 is 0 Å². The fraction of sp³-hybridized carbons (Fsp3) is 0.391. The van der Waals surface area contributed by atoms with Gasteiger partial charge in [0.15, 0.2) is 0 Å². The van der Waals surface area contributed by atoms with Crippen molar-refractivity contribution in [3.63, 3.8) is 0 Å². The van der Waals surface area contributed by atoms with Gasteiger partial charge >= 0.3 is 11.7 Å². The topological polar surface area (TPSA) is 73.0 Å². The van der Waals surface area contributed by atoms with Crippen molar-refractivity contribution in [2.45, 2.75) is 58.4 Å². The summed E-state index contributed by atoms with van der Waals surface area (Å²) in [5, 5.41) is 8.01. The molecule has 0 radical (unpaired) electrons. The number of amides is 1. The van der Waals surface area contributed by atoms with E-state index in [-0.39, 0.29) is 17.4 Å². The summed E-state index contributed by atoms with van der Waals surface area (Å²) in [7, 11) is 0. The average Bonchev–Trinajstić information content (AvgIpc) is 3.19. The van der Waals surface area contributed by atoms with Crippen LogP contribution >= 0.6 is 0 Å². The number of carbonyl (C=O) groups excluding carboxylic acids is 1. The van der Waals surface area contributed by atoms with Crippen LogP contribution < -0.4 is 10.6 Å². The number of nitrogens with zero attached hydrogens (tertiary/aromatic N) is 5. The fourth-order valence-corrected chi connectivity index (χ4v) is 4.66. The molecule has 1 aliphatic rings. The van der Waals surface area contributed by atoms with Crippen molar-refractivity contribution in [2.24, 2.45) is 0 Å². The lowest BCUT2D eigenvalue weighted by Crippen LogP contribution is -2.44. The first-order valence-corrected chi connectivity index (χ1v) is 10.3. The monoisotopic (exact) mass is 405 g/mol. The Morgan fingerprint density at radius 3 is 2.47 bits per heavy atom. The normalized spacial score (nSPS) is 17.2. The van der Waals surface area contributed by atoms with Crippen LogP contribution in [0.1, 0.15) is 58.1 Å². The molecule has 0 saturated heterocycles. The Morgan fingerprint density at radius 2 is 1.80 bits per heavy atom. The highest BCUT2D eigenvalue weighted by molar-refractivity contribution is 5.93. The van der Waals surface area contributed by atoms with Gasteiger partial charge in [-0.2, -0.15) is 4.68 Å². The van der Waals surface area contributed by atoms with Gasteiger partial charge in [0.1, 0.15) is 0 Å². The van der Waals surface area contributed by atoms with Crippen LogP contribution in [0.4, 0.5) is 10.5 Å². The number of benzene rings is 2. The molecule has 0 spiro atoms. The van der Waals surface area contributed by atoms with Gasteiger partial charge in [-0.25, -0.2) is 9.59 Å². The van der Waals surface area contributed by atoms with Crippen molar-refractivity contribution < 1.29 is 4.79 Å². The third-order valence-corrected chi connectivity index (χ3v) is 5.87. The summed E-state index contributed by atoms with van der Waals surface area (Å²) in [5.74, 6) is 0.287. The minimum absolute atomic E-state index is 0.0297. The van der Waals surface area contributed by atoms with Crippen molar-refractivity contribution in [1.29, 1.82) is 0 Å². The van der Waals surface area contributed by atoms with Crippen LogP contribution in [0.5, 0.6) is 0 Å². The van der Waals surface area contributed by atoms with Gasteiger partial charge in [0, 0.05) is 11.7 Å². The van der Waals surface area contributed by atoms with Gasteiger partial charge in [-0.1, -0.05) is 51.1 Å². The first-order chi connectivity index (χ1) is 14.2. The van der Waals surface area contributed by atoms with Gasteiger partial charge in [0.2, 0.25) is 0 Å². The largest absolute Gasteiger partial charge is 0.377 e. The van der Waals surface area contributed by atoms with E-state index >= 15 is 0 Å². The third kappa shape index (κ3) is 3.14. The predicted molar refractivity (Wildman–Crippen MR) is 117 cm³/mol. The molecule has 7 nitrogen and oxygen atoms in total. The molecule has 2 aromatic carbocycles. The van der Waals surface area contributed by atoms with E-state index in [0.29, 0.717) is 11.4 Å². The third-order valence-electron chi connectivity index (χ3n) is 5.87. The molecule has 1 unspecified atom stereocenters. The smallest absolute Gasteiger partial charge is 0.290 e. The van der Waals surface area contributed by atoms with Crippen molar-refractivity contribution in [1.82, 2.24) is 19.8 Å². The Bertz CT molecular complexity index is 1140. The molecular formula is C23H27N5O2. The molecule has 0 fully saturated rings. The molecule has 0 saturated carbocycles. The quantitative estimate of drug-likeness (QED) is 0.615. The van der Waals surface area contributed by atoms with Crippen molar-refractivity contribution >= 4 is 11.7 Å². The van der Waals surface area contributed by atoms with Crippen molar-refractivity contribution in [3.05, 3.63) is 70.1 Å². The molecule has 4 rings (SSSR count). The van der Waals surface area contributed by atoms with E-state index in [9.17, 15) is 9.59 Å². The Balaban J connectivity index is 1.79. The summed E-state index contributed by atoms with van der Waals surface area (Å²) in [5.41, 5.74) is 3.19. The summed E-state index contributed by atoms with van der Waals surface area (Å²) in [6, 6.07) is 14.5. The summed E-state index contributed by atoms with van der Waals surface area (Å²) in [4.78, 5) is 28.0. The summed E-state index contributed by atoms with van der Waals surface area (Å²) in [6.07, 6.45) is 0.996. The van der Waals surface area contributed by atoms with Crippen LogP contribution in [-0.4, -0.2) is 31.9 Å². The number of hydrogen-bond acceptors (Lipinski definition) is 4. The van der Waals surface area contributed by atoms with Crippen LogP contribution in [0.2, 0.25) is 0 Å². The molecule has 1 aliphatic carbocycles. The van der Waals surface area contributed by atoms with E-state index in [1.54, 1.807) is 4.90 Å². The molecule has 156 valence electrons. The minimum Gasteiger partial charge on any atom is -0.290 e. The van der Waals surface area contributed by atoms with E-state index in [2.05, 4.69) is 37.3 Å². The average molecular weight is 406 g/mol. The summed E-state index contributed by atoms with van der Waals surface area (Å²) >= 11 is 0. The van der Waals surface area contributed by atoms with E-state index < -0.39 is 11.7 Å². The summed E-state index contributed by atoms with van der Waals surface area (Å²) in [6.45, 7) is 10.4. The number of carbonyl (C=O) groups is 1. The van der Waals surface area contributed by atoms with Crippen molar-refractivity contribution in [3.8, 4) is 5.69 Å². The standard InChI is InChI=1S/C23H27N5O2/c1-15(2)26(17-10-7-6-8-11-17)21(29)28-22(30)27(24-25-28)19-13-9-12-18-20(19)16(3)14-23(18,4)5/h6-13,15-16H,14H2,1-5H3. The highest BCUT2D eigenvalue weighted by Crippen LogP contribution is 2.47. The van der Waals surface area contributed by atoms with E-state index in [4.69, 9.17) is 0 Å². The van der Waals surface area contributed by atoms with Gasteiger partial charge in [-0.15, -0.1) is 4.68 Å². The lowest BCUT2D eigenvalue weighted by molar-refractivity contribution is 0.242. The second kappa shape index (κ2) is 7.23. The molecule has 3 aromatic rings. The van der Waals surface area contributed by atoms with Gasteiger partial charge in [0.25, 0.3) is 0 Å². The van der Waals surface area contributed by atoms with Crippen LogP contribution in [0.25, 0.3) is 5.69 Å².